The molecular weight excluding hydrogens is 200 g/mol. The van der Waals surface area contributed by atoms with Crippen LogP contribution in [0.5, 0.6) is 0 Å². The van der Waals surface area contributed by atoms with E-state index in [2.05, 4.69) is 10.2 Å². The molecule has 0 aliphatic carbocycles. The Balaban J connectivity index is 2.14. The summed E-state index contributed by atoms with van der Waals surface area (Å²) < 4.78 is 1.89. The van der Waals surface area contributed by atoms with Crippen molar-refractivity contribution in [2.75, 3.05) is 5.73 Å². The van der Waals surface area contributed by atoms with Gasteiger partial charge in [-0.05, 0) is 35.4 Å². The molecule has 0 aliphatic rings. The van der Waals surface area contributed by atoms with Crippen LogP contribution in [0.2, 0.25) is 0 Å². The van der Waals surface area contributed by atoms with Gasteiger partial charge in [0, 0.05) is 11.9 Å². The van der Waals surface area contributed by atoms with E-state index in [0.29, 0.717) is 0 Å². The van der Waals surface area contributed by atoms with Crippen LogP contribution in [-0.4, -0.2) is 14.6 Å². The summed E-state index contributed by atoms with van der Waals surface area (Å²) in [6, 6.07) is 11.8. The van der Waals surface area contributed by atoms with E-state index in [1.165, 1.54) is 0 Å². The van der Waals surface area contributed by atoms with Gasteiger partial charge in [-0.1, -0.05) is 12.1 Å². The molecule has 2 heterocycles. The van der Waals surface area contributed by atoms with E-state index >= 15 is 0 Å². The maximum atomic E-state index is 5.65. The lowest BCUT2D eigenvalue weighted by Gasteiger charge is -2.02. The molecule has 0 saturated carbocycles. The molecule has 2 aromatic heterocycles. The zero-order valence-electron chi connectivity index (χ0n) is 8.54. The Morgan fingerprint density at radius 1 is 0.938 bits per heavy atom. The van der Waals surface area contributed by atoms with E-state index in [1.54, 1.807) is 6.33 Å². The monoisotopic (exact) mass is 210 g/mol. The third-order valence-corrected chi connectivity index (χ3v) is 2.53. The lowest BCUT2D eigenvalue weighted by Crippen LogP contribution is -1.87. The summed E-state index contributed by atoms with van der Waals surface area (Å²) in [4.78, 5) is 0. The van der Waals surface area contributed by atoms with Gasteiger partial charge in [-0.25, -0.2) is 0 Å². The lowest BCUT2D eigenvalue weighted by molar-refractivity contribution is 1.10. The fraction of sp³-hybridized carbons (Fsp3) is 0. The van der Waals surface area contributed by atoms with Gasteiger partial charge in [-0.2, -0.15) is 0 Å². The van der Waals surface area contributed by atoms with Gasteiger partial charge in [0.15, 0.2) is 5.65 Å². The van der Waals surface area contributed by atoms with Gasteiger partial charge in [0.2, 0.25) is 0 Å². The van der Waals surface area contributed by atoms with Gasteiger partial charge >= 0.3 is 0 Å². The van der Waals surface area contributed by atoms with Crippen molar-refractivity contribution >= 4 is 11.3 Å². The highest BCUT2D eigenvalue weighted by Crippen LogP contribution is 2.20. The Labute approximate surface area is 92.4 Å². The van der Waals surface area contributed by atoms with Crippen LogP contribution in [0.4, 0.5) is 5.69 Å². The summed E-state index contributed by atoms with van der Waals surface area (Å²) in [6.45, 7) is 0. The molecule has 4 nitrogen and oxygen atoms in total. The van der Waals surface area contributed by atoms with Crippen LogP contribution >= 0.6 is 0 Å². The molecule has 0 aliphatic heterocycles. The summed E-state index contributed by atoms with van der Waals surface area (Å²) in [7, 11) is 0. The Kier molecular flexibility index (Phi) is 1.86. The Morgan fingerprint density at radius 2 is 1.69 bits per heavy atom. The van der Waals surface area contributed by atoms with Crippen LogP contribution < -0.4 is 5.73 Å². The van der Waals surface area contributed by atoms with Gasteiger partial charge in [-0.3, -0.25) is 4.40 Å². The number of benzene rings is 1. The third kappa shape index (κ3) is 1.40. The summed E-state index contributed by atoms with van der Waals surface area (Å²) >= 11 is 0. The number of rotatable bonds is 1. The van der Waals surface area contributed by atoms with E-state index in [9.17, 15) is 0 Å². The first-order chi connectivity index (χ1) is 7.83. The van der Waals surface area contributed by atoms with Crippen molar-refractivity contribution in [3.8, 4) is 11.1 Å². The molecule has 0 fully saturated rings. The number of aromatic nitrogens is 3. The minimum absolute atomic E-state index is 0.772. The van der Waals surface area contributed by atoms with Gasteiger partial charge < -0.3 is 5.73 Å². The first-order valence-electron chi connectivity index (χ1n) is 4.98. The maximum absolute atomic E-state index is 5.65. The second-order valence-electron chi connectivity index (χ2n) is 3.64. The Hall–Kier alpha value is -2.36. The fourth-order valence-corrected chi connectivity index (χ4v) is 1.67. The Bertz CT molecular complexity index is 625. The molecule has 0 atom stereocenters. The normalized spacial score (nSPS) is 10.8. The molecule has 3 rings (SSSR count). The highest BCUT2D eigenvalue weighted by atomic mass is 15.2. The second kappa shape index (κ2) is 3.34. The van der Waals surface area contributed by atoms with Gasteiger partial charge in [0.05, 0.1) is 0 Å². The second-order valence-corrected chi connectivity index (χ2v) is 3.64. The molecule has 78 valence electrons. The third-order valence-electron chi connectivity index (χ3n) is 2.53. The first kappa shape index (κ1) is 8.91. The summed E-state index contributed by atoms with van der Waals surface area (Å²) in [5.41, 5.74) is 9.52. The number of pyridine rings is 1. The predicted molar refractivity (Wildman–Crippen MR) is 62.8 cm³/mol. The van der Waals surface area contributed by atoms with E-state index in [0.717, 1.165) is 22.5 Å². The SMILES string of the molecule is Nc1ccc(-c2ccc3nncn3c2)cc1. The highest BCUT2D eigenvalue weighted by molar-refractivity contribution is 5.66. The van der Waals surface area contributed by atoms with Crippen molar-refractivity contribution in [1.29, 1.82) is 0 Å². The average Bonchev–Trinajstić information content (AvgIpc) is 2.77. The molecule has 1 aromatic carbocycles. The Morgan fingerprint density at radius 3 is 2.50 bits per heavy atom. The molecule has 3 aromatic rings. The van der Waals surface area contributed by atoms with E-state index < -0.39 is 0 Å². The van der Waals surface area contributed by atoms with Crippen LogP contribution in [0, 0.1) is 0 Å². The lowest BCUT2D eigenvalue weighted by atomic mass is 10.1. The molecule has 0 bridgehead atoms. The molecule has 0 radical (unpaired) electrons. The molecule has 0 saturated heterocycles. The van der Waals surface area contributed by atoms with E-state index in [-0.39, 0.29) is 0 Å². The minimum Gasteiger partial charge on any atom is -0.399 e. The number of hydrogen-bond acceptors (Lipinski definition) is 3. The summed E-state index contributed by atoms with van der Waals surface area (Å²) in [5.74, 6) is 0. The molecular formula is C12H10N4. The van der Waals surface area contributed by atoms with Crippen LogP contribution in [0.15, 0.2) is 48.9 Å². The molecule has 0 unspecified atom stereocenters. The van der Waals surface area contributed by atoms with Crippen LogP contribution in [0.3, 0.4) is 0 Å². The van der Waals surface area contributed by atoms with Crippen molar-refractivity contribution in [3.05, 3.63) is 48.9 Å². The molecule has 16 heavy (non-hydrogen) atoms. The van der Waals surface area contributed by atoms with Crippen molar-refractivity contribution < 1.29 is 0 Å². The number of nitrogen functional groups attached to an aromatic ring is 1. The number of nitrogens with zero attached hydrogens (tertiary/aromatic N) is 3. The van der Waals surface area contributed by atoms with Crippen molar-refractivity contribution in [2.24, 2.45) is 0 Å². The van der Waals surface area contributed by atoms with Crippen molar-refractivity contribution in [2.45, 2.75) is 0 Å². The van der Waals surface area contributed by atoms with Gasteiger partial charge in [0.25, 0.3) is 0 Å². The molecule has 0 spiro atoms. The minimum atomic E-state index is 0.772. The number of fused-ring (bicyclic) bond motifs is 1. The van der Waals surface area contributed by atoms with Gasteiger partial charge in [-0.15, -0.1) is 10.2 Å². The van der Waals surface area contributed by atoms with E-state index in [4.69, 9.17) is 5.73 Å². The van der Waals surface area contributed by atoms with Crippen LogP contribution in [0.1, 0.15) is 0 Å². The zero-order valence-corrected chi connectivity index (χ0v) is 8.54. The van der Waals surface area contributed by atoms with Crippen LogP contribution in [-0.2, 0) is 0 Å². The maximum Gasteiger partial charge on any atom is 0.160 e. The predicted octanol–water partition coefficient (Wildman–Crippen LogP) is 1.98. The molecule has 0 amide bonds. The first-order valence-corrected chi connectivity index (χ1v) is 4.98. The van der Waals surface area contributed by atoms with Crippen molar-refractivity contribution in [3.63, 3.8) is 0 Å². The highest BCUT2D eigenvalue weighted by Gasteiger charge is 2.00. The molecule has 4 heteroatoms. The summed E-state index contributed by atoms with van der Waals surface area (Å²) in [6.07, 6.45) is 3.69. The number of hydrogen-bond donors (Lipinski definition) is 1. The smallest absolute Gasteiger partial charge is 0.160 e. The van der Waals surface area contributed by atoms with Crippen LogP contribution in [0.25, 0.3) is 16.8 Å². The number of anilines is 1. The fourth-order valence-electron chi connectivity index (χ4n) is 1.67. The average molecular weight is 210 g/mol. The van der Waals surface area contributed by atoms with E-state index in [1.807, 2.05) is 47.0 Å². The zero-order chi connectivity index (χ0) is 11.0. The van der Waals surface area contributed by atoms with Gasteiger partial charge in [0.1, 0.15) is 6.33 Å². The summed E-state index contributed by atoms with van der Waals surface area (Å²) in [5, 5.41) is 7.80. The quantitative estimate of drug-likeness (QED) is 0.625. The standard InChI is InChI=1S/C12H10N4/c13-11-4-1-9(2-5-11)10-3-6-12-15-14-8-16(12)7-10/h1-8H,13H2. The number of nitrogens with two attached hydrogens (primary N) is 1. The largest absolute Gasteiger partial charge is 0.399 e. The van der Waals surface area contributed by atoms with Crippen molar-refractivity contribution in [1.82, 2.24) is 14.6 Å². The molecule has 2 N–H and O–H groups in total. The topological polar surface area (TPSA) is 56.2 Å².